The molecule has 2 heterocycles. The van der Waals surface area contributed by atoms with Crippen molar-refractivity contribution >= 4 is 11.8 Å². The molecule has 0 saturated heterocycles. The number of pyridine rings is 1. The van der Waals surface area contributed by atoms with Gasteiger partial charge in [-0.05, 0) is 29.8 Å². The van der Waals surface area contributed by atoms with Crippen LogP contribution in [0.25, 0.3) is 5.52 Å². The van der Waals surface area contributed by atoms with E-state index in [0.717, 1.165) is 23.2 Å². The van der Waals surface area contributed by atoms with E-state index in [1.807, 2.05) is 16.5 Å². The minimum atomic E-state index is 0.243. The summed E-state index contributed by atoms with van der Waals surface area (Å²) in [5.74, 6) is 1.08. The number of aldehydes is 1. The molecule has 0 bridgehead atoms. The third-order valence-electron chi connectivity index (χ3n) is 3.04. The van der Waals surface area contributed by atoms with Crippen molar-refractivity contribution in [3.05, 3.63) is 65.7 Å². The lowest BCUT2D eigenvalue weighted by Gasteiger charge is -2.03. The number of nitrogens with zero attached hydrogens (tertiary/aromatic N) is 2. The van der Waals surface area contributed by atoms with Gasteiger partial charge in [0.2, 0.25) is 0 Å². The van der Waals surface area contributed by atoms with Gasteiger partial charge in [0.25, 0.3) is 0 Å². The van der Waals surface area contributed by atoms with Gasteiger partial charge in [-0.25, -0.2) is 4.98 Å². The summed E-state index contributed by atoms with van der Waals surface area (Å²) < 4.78 is 1.90. The van der Waals surface area contributed by atoms with Gasteiger partial charge in [0.1, 0.15) is 11.6 Å². The van der Waals surface area contributed by atoms with Crippen LogP contribution in [-0.4, -0.2) is 20.8 Å². The lowest BCUT2D eigenvalue weighted by atomic mass is 10.1. The minimum absolute atomic E-state index is 0.243. The first-order chi connectivity index (χ1) is 9.26. The molecule has 94 valence electrons. The van der Waals surface area contributed by atoms with Crippen molar-refractivity contribution in [2.24, 2.45) is 0 Å². The third-order valence-corrected chi connectivity index (χ3v) is 3.04. The Kier molecular flexibility index (Phi) is 2.76. The summed E-state index contributed by atoms with van der Waals surface area (Å²) in [4.78, 5) is 15.2. The molecule has 1 aromatic carbocycles. The Morgan fingerprint density at radius 2 is 2.16 bits per heavy atom. The van der Waals surface area contributed by atoms with Crippen LogP contribution in [0.1, 0.15) is 21.7 Å². The number of rotatable bonds is 3. The van der Waals surface area contributed by atoms with Crippen LogP contribution in [0.15, 0.2) is 48.8 Å². The van der Waals surface area contributed by atoms with E-state index in [1.165, 1.54) is 0 Å². The monoisotopic (exact) mass is 252 g/mol. The fourth-order valence-corrected chi connectivity index (χ4v) is 2.11. The van der Waals surface area contributed by atoms with E-state index < -0.39 is 0 Å². The molecular weight excluding hydrogens is 240 g/mol. The number of benzene rings is 1. The van der Waals surface area contributed by atoms with E-state index in [-0.39, 0.29) is 5.75 Å². The number of imidazole rings is 1. The van der Waals surface area contributed by atoms with Gasteiger partial charge in [-0.15, -0.1) is 0 Å². The van der Waals surface area contributed by atoms with Crippen molar-refractivity contribution in [2.45, 2.75) is 6.42 Å². The zero-order valence-corrected chi connectivity index (χ0v) is 10.2. The largest absolute Gasteiger partial charge is 0.508 e. The van der Waals surface area contributed by atoms with Crippen LogP contribution in [0.3, 0.4) is 0 Å². The van der Waals surface area contributed by atoms with E-state index in [0.29, 0.717) is 12.0 Å². The van der Waals surface area contributed by atoms with Crippen LogP contribution >= 0.6 is 0 Å². The van der Waals surface area contributed by atoms with E-state index in [2.05, 4.69) is 4.98 Å². The average Bonchev–Trinajstić information content (AvgIpc) is 2.81. The Morgan fingerprint density at radius 1 is 1.26 bits per heavy atom. The number of hydrogen-bond donors (Lipinski definition) is 1. The molecule has 0 aliphatic heterocycles. The van der Waals surface area contributed by atoms with E-state index in [1.54, 1.807) is 36.7 Å². The average molecular weight is 252 g/mol. The lowest BCUT2D eigenvalue weighted by molar-refractivity contribution is 0.112. The quantitative estimate of drug-likeness (QED) is 0.728. The zero-order chi connectivity index (χ0) is 13.2. The highest BCUT2D eigenvalue weighted by Crippen LogP contribution is 2.16. The molecule has 0 radical (unpaired) electrons. The summed E-state index contributed by atoms with van der Waals surface area (Å²) in [6, 6.07) is 10.7. The lowest BCUT2D eigenvalue weighted by Crippen LogP contribution is -1.97. The van der Waals surface area contributed by atoms with Crippen molar-refractivity contribution in [2.75, 3.05) is 0 Å². The fourth-order valence-electron chi connectivity index (χ4n) is 2.11. The van der Waals surface area contributed by atoms with Crippen LogP contribution in [0.2, 0.25) is 0 Å². The second kappa shape index (κ2) is 4.57. The predicted octanol–water partition coefficient (Wildman–Crippen LogP) is 2.44. The highest BCUT2D eigenvalue weighted by molar-refractivity contribution is 5.75. The van der Waals surface area contributed by atoms with Crippen molar-refractivity contribution in [1.29, 1.82) is 0 Å². The molecule has 4 nitrogen and oxygen atoms in total. The zero-order valence-electron chi connectivity index (χ0n) is 10.2. The molecule has 0 aliphatic carbocycles. The number of aromatic hydroxyl groups is 1. The Hall–Kier alpha value is -2.62. The van der Waals surface area contributed by atoms with E-state index in [4.69, 9.17) is 0 Å². The molecule has 0 unspecified atom stereocenters. The fraction of sp³-hybridized carbons (Fsp3) is 0.0667. The summed E-state index contributed by atoms with van der Waals surface area (Å²) in [5.41, 5.74) is 2.53. The maximum absolute atomic E-state index is 10.8. The van der Waals surface area contributed by atoms with Crippen LogP contribution in [0, 0.1) is 0 Å². The summed E-state index contributed by atoms with van der Waals surface area (Å²) in [5, 5.41) is 9.46. The molecule has 0 amide bonds. The number of hydrogen-bond acceptors (Lipinski definition) is 3. The van der Waals surface area contributed by atoms with Gasteiger partial charge in [0.05, 0.1) is 11.7 Å². The first-order valence-corrected chi connectivity index (χ1v) is 5.95. The Labute approximate surface area is 110 Å². The van der Waals surface area contributed by atoms with Crippen LogP contribution in [0.4, 0.5) is 0 Å². The molecular formula is C15H12N2O2. The van der Waals surface area contributed by atoms with Crippen molar-refractivity contribution in [3.8, 4) is 5.75 Å². The highest BCUT2D eigenvalue weighted by Gasteiger charge is 2.06. The van der Waals surface area contributed by atoms with Crippen LogP contribution in [0.5, 0.6) is 5.75 Å². The van der Waals surface area contributed by atoms with Crippen molar-refractivity contribution < 1.29 is 9.90 Å². The smallest absolute Gasteiger partial charge is 0.151 e. The Morgan fingerprint density at radius 3 is 2.95 bits per heavy atom. The topological polar surface area (TPSA) is 54.6 Å². The first kappa shape index (κ1) is 11.5. The summed E-state index contributed by atoms with van der Waals surface area (Å²) in [6.45, 7) is 0. The Balaban J connectivity index is 2.03. The number of carbonyl (C=O) groups is 1. The maximum Gasteiger partial charge on any atom is 0.151 e. The normalized spacial score (nSPS) is 10.7. The molecule has 0 atom stereocenters. The van der Waals surface area contributed by atoms with E-state index in [9.17, 15) is 9.90 Å². The first-order valence-electron chi connectivity index (χ1n) is 5.95. The summed E-state index contributed by atoms with van der Waals surface area (Å²) in [6.07, 6.45) is 4.96. The second-order valence-electron chi connectivity index (χ2n) is 4.40. The molecule has 4 heteroatoms. The molecule has 2 aromatic heterocycles. The van der Waals surface area contributed by atoms with Crippen LogP contribution in [-0.2, 0) is 6.42 Å². The number of phenolic OH excluding ortho intramolecular Hbond substituents is 1. The predicted molar refractivity (Wildman–Crippen MR) is 71.5 cm³/mol. The van der Waals surface area contributed by atoms with Gasteiger partial charge in [0.15, 0.2) is 6.29 Å². The van der Waals surface area contributed by atoms with Crippen molar-refractivity contribution in [3.63, 3.8) is 0 Å². The molecule has 0 saturated carbocycles. The third kappa shape index (κ3) is 2.20. The molecule has 0 aliphatic rings. The highest BCUT2D eigenvalue weighted by atomic mass is 16.3. The summed E-state index contributed by atoms with van der Waals surface area (Å²) >= 11 is 0. The molecule has 0 spiro atoms. The van der Waals surface area contributed by atoms with Gasteiger partial charge < -0.3 is 9.51 Å². The maximum atomic E-state index is 10.8. The van der Waals surface area contributed by atoms with E-state index >= 15 is 0 Å². The molecule has 19 heavy (non-hydrogen) atoms. The number of aromatic nitrogens is 2. The van der Waals surface area contributed by atoms with Crippen molar-refractivity contribution in [1.82, 2.24) is 9.38 Å². The molecule has 3 rings (SSSR count). The minimum Gasteiger partial charge on any atom is -0.508 e. The summed E-state index contributed by atoms with van der Waals surface area (Å²) in [7, 11) is 0. The second-order valence-corrected chi connectivity index (χ2v) is 4.40. The molecule has 3 aromatic rings. The number of phenols is 1. The van der Waals surface area contributed by atoms with Gasteiger partial charge >= 0.3 is 0 Å². The number of carbonyl (C=O) groups excluding carboxylic acids is 1. The molecule has 0 fully saturated rings. The van der Waals surface area contributed by atoms with Gasteiger partial charge in [-0.2, -0.15) is 0 Å². The standard InChI is InChI=1S/C15H12N2O2/c18-10-12-4-5-13-8-16-15(17(13)9-12)7-11-2-1-3-14(19)6-11/h1-6,8-10,19H,7H2. The van der Waals surface area contributed by atoms with Gasteiger partial charge in [-0.1, -0.05) is 12.1 Å². The SMILES string of the molecule is O=Cc1ccc2cnc(Cc3cccc(O)c3)n2c1. The van der Waals surface area contributed by atoms with Gasteiger partial charge in [-0.3, -0.25) is 4.79 Å². The van der Waals surface area contributed by atoms with Crippen LogP contribution < -0.4 is 0 Å². The Bertz CT molecular complexity index is 747. The number of fused-ring (bicyclic) bond motifs is 1. The van der Waals surface area contributed by atoms with Gasteiger partial charge in [0, 0.05) is 18.2 Å². The molecule has 1 N–H and O–H groups in total.